The van der Waals surface area contributed by atoms with Crippen LogP contribution >= 0.6 is 0 Å². The summed E-state index contributed by atoms with van der Waals surface area (Å²) < 4.78 is 12.9. The number of aromatic nitrogens is 1. The molecule has 1 nitrogen and oxygen atoms in total. The molecule has 1 rings (SSSR count). The number of halogens is 1. The monoisotopic (exact) mass is 139 g/mol. The van der Waals surface area contributed by atoms with Gasteiger partial charge in [0.1, 0.15) is 5.82 Å². The van der Waals surface area contributed by atoms with Crippen LogP contribution in [0.2, 0.25) is 0 Å². The fourth-order valence-electron chi connectivity index (χ4n) is 0.843. The molecular formula is C8H10FN. The van der Waals surface area contributed by atoms with Gasteiger partial charge in [-0.1, -0.05) is 6.92 Å². The van der Waals surface area contributed by atoms with E-state index in [-0.39, 0.29) is 5.82 Å². The summed E-state index contributed by atoms with van der Waals surface area (Å²) in [6.07, 6.45) is 2.30. The van der Waals surface area contributed by atoms with Gasteiger partial charge in [-0.05, 0) is 25.0 Å². The highest BCUT2D eigenvalue weighted by Gasteiger charge is 2.01. The van der Waals surface area contributed by atoms with E-state index in [0.29, 0.717) is 17.7 Å². The van der Waals surface area contributed by atoms with Crippen LogP contribution in [0, 0.1) is 12.7 Å². The Morgan fingerprint density at radius 3 is 2.80 bits per heavy atom. The Kier molecular flexibility index (Phi) is 2.00. The first-order chi connectivity index (χ1) is 4.75. The number of pyridine rings is 1. The van der Waals surface area contributed by atoms with Crippen LogP contribution in [0.15, 0.2) is 12.3 Å². The van der Waals surface area contributed by atoms with Gasteiger partial charge in [0.25, 0.3) is 0 Å². The maximum Gasteiger partial charge on any atom is 0.147 e. The molecule has 0 fully saturated rings. The van der Waals surface area contributed by atoms with Gasteiger partial charge < -0.3 is 0 Å². The molecule has 0 aliphatic heterocycles. The highest BCUT2D eigenvalue weighted by molar-refractivity contribution is 5.17. The van der Waals surface area contributed by atoms with Crippen molar-refractivity contribution in [3.8, 4) is 0 Å². The molecule has 0 amide bonds. The molecule has 0 aromatic carbocycles. The lowest BCUT2D eigenvalue weighted by Gasteiger charge is -1.99. The number of aryl methyl sites for hydroxylation is 2. The summed E-state index contributed by atoms with van der Waals surface area (Å²) in [6, 6.07) is 1.68. The van der Waals surface area contributed by atoms with Crippen LogP contribution < -0.4 is 0 Å². The normalized spacial score (nSPS) is 9.90. The van der Waals surface area contributed by atoms with Crippen LogP contribution in [0.3, 0.4) is 0 Å². The zero-order chi connectivity index (χ0) is 7.56. The Bertz CT molecular complexity index is 233. The van der Waals surface area contributed by atoms with Gasteiger partial charge in [0.15, 0.2) is 0 Å². The summed E-state index contributed by atoms with van der Waals surface area (Å²) in [6.45, 7) is 3.64. The van der Waals surface area contributed by atoms with E-state index in [0.717, 1.165) is 0 Å². The predicted molar refractivity (Wildman–Crippen MR) is 38.3 cm³/mol. The van der Waals surface area contributed by atoms with Crippen LogP contribution in [0.25, 0.3) is 0 Å². The van der Waals surface area contributed by atoms with Gasteiger partial charge in [-0.3, -0.25) is 4.98 Å². The lowest BCUT2D eigenvalue weighted by atomic mass is 10.2. The SMILES string of the molecule is CCc1nccc(C)c1F. The average molecular weight is 139 g/mol. The summed E-state index contributed by atoms with van der Waals surface area (Å²) in [7, 11) is 0. The van der Waals surface area contributed by atoms with Crippen molar-refractivity contribution in [3.05, 3.63) is 29.3 Å². The number of hydrogen-bond acceptors (Lipinski definition) is 1. The lowest BCUT2D eigenvalue weighted by molar-refractivity contribution is 0.592. The smallest absolute Gasteiger partial charge is 0.147 e. The van der Waals surface area contributed by atoms with Crippen LogP contribution in [0.4, 0.5) is 4.39 Å². The second-order valence-corrected chi connectivity index (χ2v) is 2.24. The maximum atomic E-state index is 12.9. The molecule has 0 unspecified atom stereocenters. The second kappa shape index (κ2) is 2.78. The summed E-state index contributed by atoms with van der Waals surface area (Å²) in [5, 5.41) is 0. The van der Waals surface area contributed by atoms with Gasteiger partial charge in [0.05, 0.1) is 5.69 Å². The third kappa shape index (κ3) is 1.15. The standard InChI is InChI=1S/C8H10FN/c1-3-7-8(9)6(2)4-5-10-7/h4-5H,3H2,1-2H3. The van der Waals surface area contributed by atoms with E-state index in [1.54, 1.807) is 19.2 Å². The Morgan fingerprint density at radius 1 is 1.60 bits per heavy atom. The zero-order valence-electron chi connectivity index (χ0n) is 6.19. The largest absolute Gasteiger partial charge is 0.258 e. The zero-order valence-corrected chi connectivity index (χ0v) is 6.19. The van der Waals surface area contributed by atoms with Crippen molar-refractivity contribution in [3.63, 3.8) is 0 Å². The Morgan fingerprint density at radius 2 is 2.30 bits per heavy atom. The highest BCUT2D eigenvalue weighted by atomic mass is 19.1. The fraction of sp³-hybridized carbons (Fsp3) is 0.375. The lowest BCUT2D eigenvalue weighted by Crippen LogP contribution is -1.94. The molecule has 0 saturated carbocycles. The topological polar surface area (TPSA) is 12.9 Å². The van der Waals surface area contributed by atoms with Gasteiger partial charge in [0, 0.05) is 6.20 Å². The molecule has 2 heteroatoms. The molecule has 0 spiro atoms. The van der Waals surface area contributed by atoms with Crippen molar-refractivity contribution in [2.45, 2.75) is 20.3 Å². The first-order valence-electron chi connectivity index (χ1n) is 3.35. The Balaban J connectivity index is 3.14. The van der Waals surface area contributed by atoms with Crippen LogP contribution in [-0.4, -0.2) is 4.98 Å². The van der Waals surface area contributed by atoms with Gasteiger partial charge in [-0.25, -0.2) is 4.39 Å². The van der Waals surface area contributed by atoms with Gasteiger partial charge >= 0.3 is 0 Å². The predicted octanol–water partition coefficient (Wildman–Crippen LogP) is 2.09. The molecule has 0 aliphatic carbocycles. The molecule has 0 atom stereocenters. The highest BCUT2D eigenvalue weighted by Crippen LogP contribution is 2.08. The van der Waals surface area contributed by atoms with Gasteiger partial charge in [-0.2, -0.15) is 0 Å². The minimum absolute atomic E-state index is 0.162. The van der Waals surface area contributed by atoms with E-state index < -0.39 is 0 Å². The van der Waals surface area contributed by atoms with Crippen molar-refractivity contribution in [2.75, 3.05) is 0 Å². The fourth-order valence-corrected chi connectivity index (χ4v) is 0.843. The van der Waals surface area contributed by atoms with Crippen molar-refractivity contribution >= 4 is 0 Å². The quantitative estimate of drug-likeness (QED) is 0.580. The molecule has 54 valence electrons. The molecule has 1 aromatic rings. The number of nitrogens with zero attached hydrogens (tertiary/aromatic N) is 1. The molecule has 0 aliphatic rings. The van der Waals surface area contributed by atoms with Crippen molar-refractivity contribution in [2.24, 2.45) is 0 Å². The van der Waals surface area contributed by atoms with E-state index in [4.69, 9.17) is 0 Å². The third-order valence-corrected chi connectivity index (χ3v) is 1.49. The van der Waals surface area contributed by atoms with Gasteiger partial charge in [-0.15, -0.1) is 0 Å². The second-order valence-electron chi connectivity index (χ2n) is 2.24. The van der Waals surface area contributed by atoms with Crippen molar-refractivity contribution in [1.29, 1.82) is 0 Å². The molecule has 0 N–H and O–H groups in total. The van der Waals surface area contributed by atoms with E-state index >= 15 is 0 Å². The van der Waals surface area contributed by atoms with Crippen LogP contribution in [0.5, 0.6) is 0 Å². The van der Waals surface area contributed by atoms with Crippen LogP contribution in [0.1, 0.15) is 18.2 Å². The number of hydrogen-bond donors (Lipinski definition) is 0. The summed E-state index contributed by atoms with van der Waals surface area (Å²) in [5.41, 5.74) is 1.23. The molecular weight excluding hydrogens is 129 g/mol. The maximum absolute atomic E-state index is 12.9. The minimum Gasteiger partial charge on any atom is -0.258 e. The first kappa shape index (κ1) is 7.19. The molecule has 1 aromatic heterocycles. The molecule has 0 saturated heterocycles. The molecule has 10 heavy (non-hydrogen) atoms. The van der Waals surface area contributed by atoms with E-state index in [9.17, 15) is 4.39 Å². The molecule has 0 radical (unpaired) electrons. The first-order valence-corrected chi connectivity index (χ1v) is 3.35. The van der Waals surface area contributed by atoms with Crippen LogP contribution in [-0.2, 0) is 6.42 Å². The Hall–Kier alpha value is -0.920. The van der Waals surface area contributed by atoms with E-state index in [1.165, 1.54) is 0 Å². The average Bonchev–Trinajstić information content (AvgIpc) is 1.95. The van der Waals surface area contributed by atoms with Crippen molar-refractivity contribution < 1.29 is 4.39 Å². The van der Waals surface area contributed by atoms with E-state index in [2.05, 4.69) is 4.98 Å². The third-order valence-electron chi connectivity index (χ3n) is 1.49. The summed E-state index contributed by atoms with van der Waals surface area (Å²) in [4.78, 5) is 3.88. The Labute approximate surface area is 59.9 Å². The number of rotatable bonds is 1. The van der Waals surface area contributed by atoms with Crippen molar-refractivity contribution in [1.82, 2.24) is 4.98 Å². The van der Waals surface area contributed by atoms with E-state index in [1.807, 2.05) is 6.92 Å². The molecule has 0 bridgehead atoms. The van der Waals surface area contributed by atoms with Gasteiger partial charge in [0.2, 0.25) is 0 Å². The minimum atomic E-state index is -0.162. The summed E-state index contributed by atoms with van der Waals surface area (Å²) in [5.74, 6) is -0.162. The molecule has 1 heterocycles. The summed E-state index contributed by atoms with van der Waals surface area (Å²) >= 11 is 0.